The fourth-order valence-electron chi connectivity index (χ4n) is 3.89. The standard InChI is InChI=1S/C19H28FN3O.C2HF3O2/c1-19(2,13-21)9-14-10-23(11-14)18(24)15-7-8-22(12-15)17-6-4-3-5-16(17)20;3-2(4,5)1(6)7/h3-6,14-15H,7-13,21H2,1-2H3;(H,6,7). The van der Waals surface area contributed by atoms with Crippen molar-refractivity contribution < 1.29 is 32.3 Å². The number of amides is 1. The summed E-state index contributed by atoms with van der Waals surface area (Å²) in [6, 6.07) is 6.80. The van der Waals surface area contributed by atoms with Gasteiger partial charge < -0.3 is 20.6 Å². The number of nitrogens with zero attached hydrogens (tertiary/aromatic N) is 2. The van der Waals surface area contributed by atoms with Gasteiger partial charge in [-0.1, -0.05) is 26.0 Å². The first-order chi connectivity index (χ1) is 14.3. The molecule has 0 aliphatic carbocycles. The average Bonchev–Trinajstić information content (AvgIpc) is 3.14. The maximum Gasteiger partial charge on any atom is 0.490 e. The minimum atomic E-state index is -5.08. The van der Waals surface area contributed by atoms with Crippen LogP contribution in [0.1, 0.15) is 26.7 Å². The Balaban J connectivity index is 0.000000423. The molecular formula is C21H29F4N3O3. The molecule has 2 fully saturated rings. The molecule has 2 saturated heterocycles. The summed E-state index contributed by atoms with van der Waals surface area (Å²) in [6.45, 7) is 8.10. The van der Waals surface area contributed by atoms with Gasteiger partial charge in [-0.3, -0.25) is 4.79 Å². The van der Waals surface area contributed by atoms with Gasteiger partial charge in [0.15, 0.2) is 0 Å². The van der Waals surface area contributed by atoms with E-state index in [1.165, 1.54) is 6.07 Å². The summed E-state index contributed by atoms with van der Waals surface area (Å²) in [5.41, 5.74) is 6.55. The topological polar surface area (TPSA) is 86.9 Å². The smallest absolute Gasteiger partial charge is 0.475 e. The molecule has 0 spiro atoms. The Hall–Kier alpha value is -2.36. The van der Waals surface area contributed by atoms with Gasteiger partial charge in [-0.15, -0.1) is 0 Å². The first-order valence-electron chi connectivity index (χ1n) is 10.1. The maximum atomic E-state index is 13.9. The normalized spacial score (nSPS) is 19.5. The van der Waals surface area contributed by atoms with Crippen LogP contribution in [-0.2, 0) is 9.59 Å². The number of rotatable bonds is 5. The minimum absolute atomic E-state index is 0.00641. The number of carbonyl (C=O) groups is 2. The van der Waals surface area contributed by atoms with Crippen molar-refractivity contribution in [2.75, 3.05) is 37.6 Å². The third-order valence-corrected chi connectivity index (χ3v) is 5.64. The predicted octanol–water partition coefficient (Wildman–Crippen LogP) is 3.12. The molecule has 2 heterocycles. The summed E-state index contributed by atoms with van der Waals surface area (Å²) in [5.74, 6) is -2.17. The molecule has 3 rings (SSSR count). The number of nitrogens with two attached hydrogens (primary N) is 1. The molecular weight excluding hydrogens is 418 g/mol. The Kier molecular flexibility index (Phi) is 7.91. The van der Waals surface area contributed by atoms with Gasteiger partial charge in [-0.2, -0.15) is 13.2 Å². The van der Waals surface area contributed by atoms with Crippen LogP contribution in [0.15, 0.2) is 24.3 Å². The number of aliphatic carboxylic acids is 1. The molecule has 174 valence electrons. The Bertz CT molecular complexity index is 779. The van der Waals surface area contributed by atoms with E-state index < -0.39 is 12.1 Å². The number of hydrogen-bond acceptors (Lipinski definition) is 4. The van der Waals surface area contributed by atoms with Crippen LogP contribution in [0.2, 0.25) is 0 Å². The lowest BCUT2D eigenvalue weighted by molar-refractivity contribution is -0.192. The minimum Gasteiger partial charge on any atom is -0.475 e. The second kappa shape index (κ2) is 9.84. The number of alkyl halides is 3. The second-order valence-electron chi connectivity index (χ2n) is 8.87. The number of carboxylic acids is 1. The van der Waals surface area contributed by atoms with Crippen LogP contribution in [-0.4, -0.2) is 60.8 Å². The molecule has 31 heavy (non-hydrogen) atoms. The van der Waals surface area contributed by atoms with Crippen molar-refractivity contribution >= 4 is 17.6 Å². The number of para-hydroxylation sites is 1. The van der Waals surface area contributed by atoms with Crippen LogP contribution in [0, 0.1) is 23.1 Å². The number of anilines is 1. The van der Waals surface area contributed by atoms with E-state index in [9.17, 15) is 22.4 Å². The molecule has 1 atom stereocenters. The van der Waals surface area contributed by atoms with E-state index in [0.717, 1.165) is 32.5 Å². The maximum absolute atomic E-state index is 13.9. The Morgan fingerprint density at radius 3 is 2.26 bits per heavy atom. The van der Waals surface area contributed by atoms with Gasteiger partial charge in [0.2, 0.25) is 5.91 Å². The zero-order valence-electron chi connectivity index (χ0n) is 17.7. The highest BCUT2D eigenvalue weighted by molar-refractivity contribution is 5.81. The lowest BCUT2D eigenvalue weighted by atomic mass is 9.79. The highest BCUT2D eigenvalue weighted by Crippen LogP contribution is 2.33. The van der Waals surface area contributed by atoms with Crippen molar-refractivity contribution in [1.82, 2.24) is 4.90 Å². The van der Waals surface area contributed by atoms with Crippen LogP contribution in [0.3, 0.4) is 0 Å². The van der Waals surface area contributed by atoms with Gasteiger partial charge in [0, 0.05) is 26.2 Å². The number of carboxylic acid groups (broad SMARTS) is 1. The van der Waals surface area contributed by atoms with E-state index in [0.29, 0.717) is 24.7 Å². The molecule has 3 N–H and O–H groups in total. The summed E-state index contributed by atoms with van der Waals surface area (Å²) in [7, 11) is 0. The highest BCUT2D eigenvalue weighted by atomic mass is 19.4. The van der Waals surface area contributed by atoms with Gasteiger partial charge in [0.05, 0.1) is 11.6 Å². The summed E-state index contributed by atoms with van der Waals surface area (Å²) in [6.07, 6.45) is -3.21. The molecule has 1 amide bonds. The molecule has 0 bridgehead atoms. The molecule has 0 saturated carbocycles. The molecule has 0 aromatic heterocycles. The second-order valence-corrected chi connectivity index (χ2v) is 8.87. The van der Waals surface area contributed by atoms with Gasteiger partial charge in [-0.05, 0) is 42.9 Å². The molecule has 10 heteroatoms. The third kappa shape index (κ3) is 6.81. The number of carbonyl (C=O) groups excluding carboxylic acids is 1. The van der Waals surface area contributed by atoms with E-state index in [2.05, 4.69) is 13.8 Å². The van der Waals surface area contributed by atoms with Gasteiger partial charge in [-0.25, -0.2) is 9.18 Å². The predicted molar refractivity (Wildman–Crippen MR) is 108 cm³/mol. The van der Waals surface area contributed by atoms with Crippen LogP contribution >= 0.6 is 0 Å². The van der Waals surface area contributed by atoms with E-state index >= 15 is 0 Å². The molecule has 2 aliphatic rings. The number of benzene rings is 1. The van der Waals surface area contributed by atoms with Crippen molar-refractivity contribution in [2.45, 2.75) is 32.9 Å². The highest BCUT2D eigenvalue weighted by Gasteiger charge is 2.39. The first kappa shape index (κ1) is 24.9. The SMILES string of the molecule is CC(C)(CN)CC1CN(C(=O)C2CCN(c3ccccc3F)C2)C1.O=C(O)C(F)(F)F. The molecule has 0 radical (unpaired) electrons. The molecule has 1 aromatic rings. The molecule has 1 aromatic carbocycles. The summed E-state index contributed by atoms with van der Waals surface area (Å²) in [4.78, 5) is 25.5. The van der Waals surface area contributed by atoms with Crippen LogP contribution < -0.4 is 10.6 Å². The molecule has 2 aliphatic heterocycles. The average molecular weight is 447 g/mol. The van der Waals surface area contributed by atoms with Crippen LogP contribution in [0.25, 0.3) is 0 Å². The summed E-state index contributed by atoms with van der Waals surface area (Å²) >= 11 is 0. The largest absolute Gasteiger partial charge is 0.490 e. The summed E-state index contributed by atoms with van der Waals surface area (Å²) < 4.78 is 45.6. The monoisotopic (exact) mass is 447 g/mol. The zero-order valence-corrected chi connectivity index (χ0v) is 17.7. The van der Waals surface area contributed by atoms with Crippen LogP contribution in [0.4, 0.5) is 23.2 Å². The number of likely N-dealkylation sites (tertiary alicyclic amines) is 1. The zero-order chi connectivity index (χ0) is 23.4. The molecule has 1 unspecified atom stereocenters. The van der Waals surface area contributed by atoms with Crippen molar-refractivity contribution in [3.63, 3.8) is 0 Å². The number of halogens is 4. The van der Waals surface area contributed by atoms with E-state index in [1.807, 2.05) is 15.9 Å². The fraction of sp³-hybridized carbons (Fsp3) is 0.619. The first-order valence-corrected chi connectivity index (χ1v) is 10.1. The van der Waals surface area contributed by atoms with Crippen molar-refractivity contribution in [2.24, 2.45) is 23.0 Å². The Labute approximate surface area is 179 Å². The van der Waals surface area contributed by atoms with E-state index in [1.54, 1.807) is 12.1 Å². The van der Waals surface area contributed by atoms with Gasteiger partial charge in [0.1, 0.15) is 5.82 Å². The van der Waals surface area contributed by atoms with E-state index in [4.69, 9.17) is 15.6 Å². The third-order valence-electron chi connectivity index (χ3n) is 5.64. The lowest BCUT2D eigenvalue weighted by Crippen LogP contribution is -2.53. The summed E-state index contributed by atoms with van der Waals surface area (Å²) in [5, 5.41) is 7.12. The van der Waals surface area contributed by atoms with Crippen molar-refractivity contribution in [3.8, 4) is 0 Å². The number of hydrogen-bond donors (Lipinski definition) is 2. The van der Waals surface area contributed by atoms with E-state index in [-0.39, 0.29) is 23.1 Å². The van der Waals surface area contributed by atoms with Crippen molar-refractivity contribution in [1.29, 1.82) is 0 Å². The quantitative estimate of drug-likeness (QED) is 0.678. The van der Waals surface area contributed by atoms with Gasteiger partial charge >= 0.3 is 12.1 Å². The Morgan fingerprint density at radius 1 is 1.16 bits per heavy atom. The fourth-order valence-corrected chi connectivity index (χ4v) is 3.89. The van der Waals surface area contributed by atoms with Crippen LogP contribution in [0.5, 0.6) is 0 Å². The Morgan fingerprint density at radius 2 is 1.74 bits per heavy atom. The van der Waals surface area contributed by atoms with Crippen molar-refractivity contribution in [3.05, 3.63) is 30.1 Å². The molecule has 6 nitrogen and oxygen atoms in total. The van der Waals surface area contributed by atoms with Gasteiger partial charge in [0.25, 0.3) is 0 Å². The lowest BCUT2D eigenvalue weighted by Gasteiger charge is -2.43.